The summed E-state index contributed by atoms with van der Waals surface area (Å²) in [7, 11) is -4.13. The number of rotatable bonds is 6. The van der Waals surface area contributed by atoms with Crippen LogP contribution in [-0.4, -0.2) is 33.0 Å². The second kappa shape index (κ2) is 8.12. The molecule has 0 heterocycles. The van der Waals surface area contributed by atoms with Crippen LogP contribution in [0.2, 0.25) is 0 Å². The van der Waals surface area contributed by atoms with Crippen molar-refractivity contribution in [1.82, 2.24) is 0 Å². The summed E-state index contributed by atoms with van der Waals surface area (Å²) in [5.74, 6) is -3.27. The van der Waals surface area contributed by atoms with E-state index in [9.17, 15) is 26.8 Å². The van der Waals surface area contributed by atoms with Gasteiger partial charge in [0.15, 0.2) is 11.6 Å². The number of hydrogen-bond donors (Lipinski definition) is 2. The first-order chi connectivity index (χ1) is 12.6. The van der Waals surface area contributed by atoms with E-state index >= 15 is 0 Å². The van der Waals surface area contributed by atoms with Gasteiger partial charge in [-0.05, 0) is 36.4 Å². The number of halogens is 2. The smallest absolute Gasteiger partial charge is 0.245 e. The quantitative estimate of drug-likeness (QED) is 0.782. The molecular weight excluding hydrogens is 380 g/mol. The summed E-state index contributed by atoms with van der Waals surface area (Å²) < 4.78 is 52.1. The Labute approximate surface area is 155 Å². The summed E-state index contributed by atoms with van der Waals surface area (Å²) in [5, 5.41) is 4.98. The van der Waals surface area contributed by atoms with Gasteiger partial charge in [-0.1, -0.05) is 6.07 Å². The number of para-hydroxylation sites is 1. The predicted molar refractivity (Wildman–Crippen MR) is 97.9 cm³/mol. The van der Waals surface area contributed by atoms with Crippen molar-refractivity contribution in [2.75, 3.05) is 27.7 Å². The number of amides is 2. The summed E-state index contributed by atoms with van der Waals surface area (Å²) in [5.41, 5.74) is -0.000552. The highest BCUT2D eigenvalue weighted by molar-refractivity contribution is 7.92. The van der Waals surface area contributed by atoms with Gasteiger partial charge < -0.3 is 10.6 Å². The van der Waals surface area contributed by atoms with Gasteiger partial charge in [0.1, 0.15) is 12.2 Å². The van der Waals surface area contributed by atoms with E-state index in [4.69, 9.17) is 0 Å². The molecular formula is C17H17F2N3O4S. The largest absolute Gasteiger partial charge is 0.326 e. The van der Waals surface area contributed by atoms with Gasteiger partial charge in [-0.15, -0.1) is 0 Å². The molecule has 0 saturated carbocycles. The minimum Gasteiger partial charge on any atom is -0.326 e. The zero-order valence-corrected chi connectivity index (χ0v) is 15.3. The van der Waals surface area contributed by atoms with Gasteiger partial charge in [-0.25, -0.2) is 17.2 Å². The molecule has 2 aromatic carbocycles. The van der Waals surface area contributed by atoms with Gasteiger partial charge in [0.25, 0.3) is 0 Å². The van der Waals surface area contributed by atoms with Crippen LogP contribution in [0.3, 0.4) is 0 Å². The molecule has 2 amide bonds. The molecule has 0 spiro atoms. The fourth-order valence-corrected chi connectivity index (χ4v) is 3.12. The van der Waals surface area contributed by atoms with Crippen molar-refractivity contribution in [3.8, 4) is 0 Å². The molecule has 2 N–H and O–H groups in total. The van der Waals surface area contributed by atoms with E-state index in [1.165, 1.54) is 31.2 Å². The average molecular weight is 397 g/mol. The van der Waals surface area contributed by atoms with Crippen molar-refractivity contribution < 1.29 is 26.8 Å². The molecule has 7 nitrogen and oxygen atoms in total. The number of nitrogens with zero attached hydrogens (tertiary/aromatic N) is 1. The number of benzene rings is 2. The van der Waals surface area contributed by atoms with E-state index in [1.807, 2.05) is 0 Å². The van der Waals surface area contributed by atoms with E-state index in [1.54, 1.807) is 0 Å². The van der Waals surface area contributed by atoms with E-state index in [-0.39, 0.29) is 5.91 Å². The molecule has 2 rings (SSSR count). The van der Waals surface area contributed by atoms with Crippen LogP contribution >= 0.6 is 0 Å². The second-order valence-electron chi connectivity index (χ2n) is 5.65. The van der Waals surface area contributed by atoms with Gasteiger partial charge in [0.05, 0.1) is 6.26 Å². The van der Waals surface area contributed by atoms with Gasteiger partial charge >= 0.3 is 0 Å². The molecule has 0 atom stereocenters. The Morgan fingerprint density at radius 3 is 1.89 bits per heavy atom. The number of sulfonamides is 1. The molecule has 0 aliphatic rings. The van der Waals surface area contributed by atoms with Crippen molar-refractivity contribution in [3.05, 3.63) is 54.1 Å². The Hall–Kier alpha value is -3.01. The average Bonchev–Trinajstić information content (AvgIpc) is 2.54. The summed E-state index contributed by atoms with van der Waals surface area (Å²) >= 11 is 0. The molecule has 0 bridgehead atoms. The van der Waals surface area contributed by atoms with Crippen molar-refractivity contribution in [2.24, 2.45) is 0 Å². The standard InChI is InChI=1S/C17H17F2N3O4S/c1-11(23)20-12-6-8-13(9-7-12)21-16(24)10-22(27(2,25)26)17-14(18)4-3-5-15(17)19/h3-9H,10H2,1-2H3,(H,20,23)(H,21,24). The molecule has 144 valence electrons. The monoisotopic (exact) mass is 397 g/mol. The van der Waals surface area contributed by atoms with E-state index in [2.05, 4.69) is 10.6 Å². The topological polar surface area (TPSA) is 95.6 Å². The molecule has 0 aromatic heterocycles. The summed E-state index contributed by atoms with van der Waals surface area (Å²) in [6.07, 6.45) is 0.744. The lowest BCUT2D eigenvalue weighted by molar-refractivity contribution is -0.115. The highest BCUT2D eigenvalue weighted by atomic mass is 32.2. The molecule has 0 aliphatic carbocycles. The Kier molecular flexibility index (Phi) is 6.11. The second-order valence-corrected chi connectivity index (χ2v) is 7.55. The molecule has 2 aromatic rings. The van der Waals surface area contributed by atoms with E-state index in [0.29, 0.717) is 15.7 Å². The maximum absolute atomic E-state index is 13.9. The highest BCUT2D eigenvalue weighted by Crippen LogP contribution is 2.25. The Bertz CT molecular complexity index is 942. The maximum Gasteiger partial charge on any atom is 0.245 e. The lowest BCUT2D eigenvalue weighted by Crippen LogP contribution is -2.38. The molecule has 27 heavy (non-hydrogen) atoms. The van der Waals surface area contributed by atoms with Gasteiger partial charge in [0, 0.05) is 18.3 Å². The Morgan fingerprint density at radius 1 is 0.963 bits per heavy atom. The van der Waals surface area contributed by atoms with Crippen LogP contribution in [0.5, 0.6) is 0 Å². The fourth-order valence-electron chi connectivity index (χ4n) is 2.26. The molecule has 0 saturated heterocycles. The highest BCUT2D eigenvalue weighted by Gasteiger charge is 2.26. The maximum atomic E-state index is 13.9. The lowest BCUT2D eigenvalue weighted by atomic mass is 10.2. The van der Waals surface area contributed by atoms with Gasteiger partial charge in [-0.3, -0.25) is 13.9 Å². The zero-order valence-electron chi connectivity index (χ0n) is 14.5. The van der Waals surface area contributed by atoms with Gasteiger partial charge in [-0.2, -0.15) is 0 Å². The van der Waals surface area contributed by atoms with Crippen LogP contribution in [0.25, 0.3) is 0 Å². The van der Waals surface area contributed by atoms with Gasteiger partial charge in [0.2, 0.25) is 21.8 Å². The van der Waals surface area contributed by atoms with Crippen molar-refractivity contribution in [3.63, 3.8) is 0 Å². The van der Waals surface area contributed by atoms with E-state index < -0.39 is 39.8 Å². The van der Waals surface area contributed by atoms with Crippen molar-refractivity contribution in [2.45, 2.75) is 6.92 Å². The number of hydrogen-bond acceptors (Lipinski definition) is 4. The summed E-state index contributed by atoms with van der Waals surface area (Å²) in [4.78, 5) is 23.2. The minimum absolute atomic E-state index is 0.262. The number of nitrogens with one attached hydrogen (secondary N) is 2. The molecule has 0 fully saturated rings. The van der Waals surface area contributed by atoms with Crippen molar-refractivity contribution in [1.29, 1.82) is 0 Å². The normalized spacial score (nSPS) is 11.0. The Morgan fingerprint density at radius 2 is 1.44 bits per heavy atom. The van der Waals surface area contributed by atoms with Crippen molar-refractivity contribution >= 4 is 38.9 Å². The first-order valence-corrected chi connectivity index (χ1v) is 9.52. The Balaban J connectivity index is 2.19. The predicted octanol–water partition coefficient (Wildman–Crippen LogP) is 2.33. The fraction of sp³-hybridized carbons (Fsp3) is 0.176. The first kappa shape index (κ1) is 20.3. The van der Waals surface area contributed by atoms with Crippen LogP contribution in [0.4, 0.5) is 25.8 Å². The summed E-state index contributed by atoms with van der Waals surface area (Å²) in [6.45, 7) is 0.529. The van der Waals surface area contributed by atoms with Crippen LogP contribution in [0.15, 0.2) is 42.5 Å². The number of anilines is 3. The van der Waals surface area contributed by atoms with Crippen LogP contribution in [-0.2, 0) is 19.6 Å². The van der Waals surface area contributed by atoms with Crippen LogP contribution < -0.4 is 14.9 Å². The third-order valence-electron chi connectivity index (χ3n) is 3.36. The number of carbonyl (C=O) groups is 2. The molecule has 10 heteroatoms. The van der Waals surface area contributed by atoms with Crippen LogP contribution in [0, 0.1) is 11.6 Å². The minimum atomic E-state index is -4.13. The van der Waals surface area contributed by atoms with Crippen LogP contribution in [0.1, 0.15) is 6.92 Å². The third-order valence-corrected chi connectivity index (χ3v) is 4.48. The summed E-state index contributed by atoms with van der Waals surface area (Å²) in [6, 6.07) is 8.91. The zero-order chi connectivity index (χ0) is 20.2. The molecule has 0 unspecified atom stereocenters. The SMILES string of the molecule is CC(=O)Nc1ccc(NC(=O)CN(c2c(F)cccc2F)S(C)(=O)=O)cc1. The molecule has 0 radical (unpaired) electrons. The number of carbonyl (C=O) groups excluding carboxylic acids is 2. The third kappa shape index (κ3) is 5.48. The van der Waals surface area contributed by atoms with E-state index in [0.717, 1.165) is 24.5 Å². The molecule has 0 aliphatic heterocycles. The lowest BCUT2D eigenvalue weighted by Gasteiger charge is -2.22. The first-order valence-electron chi connectivity index (χ1n) is 7.67.